The van der Waals surface area contributed by atoms with Gasteiger partial charge in [0.25, 0.3) is 0 Å². The van der Waals surface area contributed by atoms with E-state index in [0.717, 1.165) is 71.1 Å². The first-order valence-corrected chi connectivity index (χ1v) is 16.4. The number of methoxy groups -OCH3 is 1. The molecular weight excluding hydrogens is 572 g/mol. The summed E-state index contributed by atoms with van der Waals surface area (Å²) in [5, 5.41) is 1.99. The predicted octanol–water partition coefficient (Wildman–Crippen LogP) is 9.06. The Balaban J connectivity index is 1.29. The SMILES string of the molecule is C=C1C(=O)C[C@@H]2[C@](C)(CCC[C@]2(C)C(=O)OC)[C@H]1CCc1ccc2c(OCc3ccccc3)ccc(OCc3ccccc3)c2c1. The van der Waals surface area contributed by atoms with Crippen molar-refractivity contribution < 1.29 is 23.8 Å². The molecule has 238 valence electrons. The van der Waals surface area contributed by atoms with Gasteiger partial charge in [0.15, 0.2) is 5.78 Å². The topological polar surface area (TPSA) is 61.8 Å². The molecule has 4 aromatic rings. The molecular formula is C41H44O5. The van der Waals surface area contributed by atoms with Crippen LogP contribution in [0, 0.1) is 22.7 Å². The van der Waals surface area contributed by atoms with Crippen LogP contribution in [0.1, 0.15) is 62.6 Å². The first-order valence-electron chi connectivity index (χ1n) is 16.4. The van der Waals surface area contributed by atoms with E-state index < -0.39 is 5.41 Å². The van der Waals surface area contributed by atoms with Crippen molar-refractivity contribution in [3.8, 4) is 11.5 Å². The van der Waals surface area contributed by atoms with Crippen LogP contribution in [0.25, 0.3) is 10.8 Å². The number of ether oxygens (including phenoxy) is 3. The highest BCUT2D eigenvalue weighted by Crippen LogP contribution is 2.61. The van der Waals surface area contributed by atoms with Crippen LogP contribution in [-0.4, -0.2) is 18.9 Å². The molecule has 2 saturated carbocycles. The van der Waals surface area contributed by atoms with E-state index in [9.17, 15) is 9.59 Å². The lowest BCUT2D eigenvalue weighted by atomic mass is 9.46. The summed E-state index contributed by atoms with van der Waals surface area (Å²) in [4.78, 5) is 26.4. The number of hydrogen-bond donors (Lipinski definition) is 0. The third-order valence-corrected chi connectivity index (χ3v) is 10.8. The van der Waals surface area contributed by atoms with Crippen molar-refractivity contribution >= 4 is 22.5 Å². The Morgan fingerprint density at radius 1 is 0.804 bits per heavy atom. The van der Waals surface area contributed by atoms with Gasteiger partial charge < -0.3 is 14.2 Å². The fourth-order valence-corrected chi connectivity index (χ4v) is 8.21. The molecule has 0 aromatic heterocycles. The molecule has 46 heavy (non-hydrogen) atoms. The van der Waals surface area contributed by atoms with Crippen LogP contribution in [0.3, 0.4) is 0 Å². The molecule has 2 fully saturated rings. The molecule has 5 heteroatoms. The number of esters is 1. The van der Waals surface area contributed by atoms with Crippen LogP contribution in [0.2, 0.25) is 0 Å². The largest absolute Gasteiger partial charge is 0.488 e. The number of hydrogen-bond acceptors (Lipinski definition) is 5. The third-order valence-electron chi connectivity index (χ3n) is 10.8. The lowest BCUT2D eigenvalue weighted by Crippen LogP contribution is -2.55. The van der Waals surface area contributed by atoms with Crippen LogP contribution in [-0.2, 0) is 34.0 Å². The molecule has 0 bridgehead atoms. The fourth-order valence-electron chi connectivity index (χ4n) is 8.21. The Bertz CT molecular complexity index is 1730. The average molecular weight is 617 g/mol. The second kappa shape index (κ2) is 13.2. The second-order valence-electron chi connectivity index (χ2n) is 13.6. The van der Waals surface area contributed by atoms with Gasteiger partial charge in [0.05, 0.1) is 12.5 Å². The van der Waals surface area contributed by atoms with E-state index in [2.05, 4.69) is 56.0 Å². The number of fused-ring (bicyclic) bond motifs is 2. The zero-order chi connectivity index (χ0) is 32.3. The van der Waals surface area contributed by atoms with E-state index in [1.165, 1.54) is 7.11 Å². The van der Waals surface area contributed by atoms with Crippen molar-refractivity contribution in [1.29, 1.82) is 0 Å². The number of carbonyl (C=O) groups is 2. The monoisotopic (exact) mass is 616 g/mol. The summed E-state index contributed by atoms with van der Waals surface area (Å²) in [6.07, 6.45) is 4.57. The summed E-state index contributed by atoms with van der Waals surface area (Å²) < 4.78 is 18.0. The summed E-state index contributed by atoms with van der Waals surface area (Å²) in [6, 6.07) is 30.8. The first kappa shape index (κ1) is 31.6. The number of carbonyl (C=O) groups excluding carboxylic acids is 2. The molecule has 0 saturated heterocycles. The maximum absolute atomic E-state index is 13.3. The summed E-state index contributed by atoms with van der Waals surface area (Å²) in [7, 11) is 1.45. The Labute approximate surface area is 272 Å². The van der Waals surface area contributed by atoms with Crippen molar-refractivity contribution in [2.75, 3.05) is 7.11 Å². The maximum Gasteiger partial charge on any atom is 0.311 e. The van der Waals surface area contributed by atoms with Crippen molar-refractivity contribution in [2.24, 2.45) is 22.7 Å². The molecule has 0 radical (unpaired) electrons. The fraction of sp³-hybridized carbons (Fsp3) is 0.366. The summed E-state index contributed by atoms with van der Waals surface area (Å²) in [6.45, 7) is 9.52. The summed E-state index contributed by atoms with van der Waals surface area (Å²) >= 11 is 0. The van der Waals surface area contributed by atoms with Gasteiger partial charge in [0.1, 0.15) is 24.7 Å². The minimum atomic E-state index is -0.666. The van der Waals surface area contributed by atoms with E-state index in [-0.39, 0.29) is 29.0 Å². The minimum Gasteiger partial charge on any atom is -0.488 e. The van der Waals surface area contributed by atoms with Gasteiger partial charge in [-0.2, -0.15) is 0 Å². The van der Waals surface area contributed by atoms with Crippen molar-refractivity contribution in [2.45, 2.75) is 65.6 Å². The van der Waals surface area contributed by atoms with Crippen molar-refractivity contribution in [3.05, 3.63) is 120 Å². The Kier molecular flexibility index (Phi) is 9.04. The van der Waals surface area contributed by atoms with E-state index in [1.54, 1.807) is 0 Å². The van der Waals surface area contributed by atoms with Crippen molar-refractivity contribution in [3.63, 3.8) is 0 Å². The highest BCUT2D eigenvalue weighted by molar-refractivity contribution is 5.97. The zero-order valence-corrected chi connectivity index (χ0v) is 27.2. The highest BCUT2D eigenvalue weighted by atomic mass is 16.5. The van der Waals surface area contributed by atoms with Gasteiger partial charge >= 0.3 is 5.97 Å². The van der Waals surface area contributed by atoms with E-state index in [1.807, 2.05) is 55.5 Å². The van der Waals surface area contributed by atoms with Crippen molar-refractivity contribution in [1.82, 2.24) is 0 Å². The van der Waals surface area contributed by atoms with Gasteiger partial charge in [-0.3, -0.25) is 9.59 Å². The number of aryl methyl sites for hydroxylation is 1. The average Bonchev–Trinajstić information content (AvgIpc) is 3.08. The minimum absolute atomic E-state index is 0.00642. The van der Waals surface area contributed by atoms with Crippen LogP contribution in [0.4, 0.5) is 0 Å². The lowest BCUT2D eigenvalue weighted by Gasteiger charge is -2.57. The third kappa shape index (κ3) is 6.08. The Hall–Kier alpha value is -4.38. The molecule has 4 aromatic carbocycles. The van der Waals surface area contributed by atoms with Gasteiger partial charge in [-0.05, 0) is 90.3 Å². The molecule has 2 aliphatic rings. The van der Waals surface area contributed by atoms with Crippen LogP contribution in [0.15, 0.2) is 103 Å². The van der Waals surface area contributed by atoms with Gasteiger partial charge in [0, 0.05) is 17.2 Å². The molecule has 0 N–H and O–H groups in total. The summed E-state index contributed by atoms with van der Waals surface area (Å²) in [5.74, 6) is 1.42. The Morgan fingerprint density at radius 3 is 2.02 bits per heavy atom. The second-order valence-corrected chi connectivity index (χ2v) is 13.6. The smallest absolute Gasteiger partial charge is 0.311 e. The van der Waals surface area contributed by atoms with Gasteiger partial charge in [-0.15, -0.1) is 0 Å². The highest BCUT2D eigenvalue weighted by Gasteiger charge is 2.59. The van der Waals surface area contributed by atoms with Gasteiger partial charge in [0.2, 0.25) is 0 Å². The lowest BCUT2D eigenvalue weighted by molar-refractivity contribution is -0.169. The maximum atomic E-state index is 13.3. The van der Waals surface area contributed by atoms with E-state index in [0.29, 0.717) is 25.2 Å². The number of Topliss-reactive ketones (excluding diaryl/α,β-unsaturated/α-hetero) is 1. The standard InChI is InChI=1S/C41H44O5/c1-28-34(40(2)22-11-23-41(3,39(43)44-4)38(40)25-35(28)42)19-17-29-16-18-32-33(24-29)37(46-27-31-14-9-6-10-15-31)21-20-36(32)45-26-30-12-7-5-8-13-30/h5-10,12-16,18,20-21,24,34,38H,1,11,17,19,22-23,25-27H2,2-4H3/t34-,38+,40+,41-/m0/s1. The number of rotatable bonds is 10. The number of allylic oxidation sites excluding steroid dienone is 1. The molecule has 0 amide bonds. The molecule has 0 spiro atoms. The molecule has 4 atom stereocenters. The number of benzene rings is 4. The predicted molar refractivity (Wildman–Crippen MR) is 182 cm³/mol. The first-order chi connectivity index (χ1) is 22.2. The molecule has 0 heterocycles. The van der Waals surface area contributed by atoms with Gasteiger partial charge in [-0.1, -0.05) is 92.7 Å². The Morgan fingerprint density at radius 2 is 1.41 bits per heavy atom. The molecule has 0 unspecified atom stereocenters. The quantitative estimate of drug-likeness (QED) is 0.131. The molecule has 5 nitrogen and oxygen atoms in total. The molecule has 6 rings (SSSR count). The molecule has 2 aliphatic carbocycles. The van der Waals surface area contributed by atoms with Gasteiger partial charge in [-0.25, -0.2) is 0 Å². The van der Waals surface area contributed by atoms with Crippen LogP contribution in [0.5, 0.6) is 11.5 Å². The summed E-state index contributed by atoms with van der Waals surface area (Å²) in [5.41, 5.74) is 3.21. The van der Waals surface area contributed by atoms with E-state index >= 15 is 0 Å². The normalized spacial score (nSPS) is 24.3. The van der Waals surface area contributed by atoms with Crippen LogP contribution < -0.4 is 9.47 Å². The van der Waals surface area contributed by atoms with E-state index in [4.69, 9.17) is 14.2 Å². The molecule has 0 aliphatic heterocycles. The van der Waals surface area contributed by atoms with Crippen LogP contribution >= 0.6 is 0 Å². The zero-order valence-electron chi connectivity index (χ0n) is 27.2. The number of ketones is 1.